The normalized spacial score (nSPS) is 28.2. The van der Waals surface area contributed by atoms with Crippen LogP contribution < -0.4 is 21.3 Å². The number of ether oxygens (including phenoxy) is 1. The van der Waals surface area contributed by atoms with E-state index >= 15 is 0 Å². The minimum atomic E-state index is -3.71. The zero-order valence-corrected chi connectivity index (χ0v) is 34.0. The average molecular weight is 766 g/mol. The number of nitrogens with zero attached hydrogens (tertiary/aromatic N) is 1. The number of Topliss-reactive ketones (excluding diaryl/α,β-unsaturated/α-hetero) is 1. The predicted octanol–water partition coefficient (Wildman–Crippen LogP) is 4.17. The van der Waals surface area contributed by atoms with E-state index in [9.17, 15) is 32.4 Å². The third-order valence-electron chi connectivity index (χ3n) is 12.4. The van der Waals surface area contributed by atoms with Crippen molar-refractivity contribution in [1.82, 2.24) is 26.2 Å². The summed E-state index contributed by atoms with van der Waals surface area (Å²) in [5.41, 5.74) is -1.18. The standard InChI is InChI=1S/C39H67N5O8S/c1-7-23-40-34(47)32(45)28-19-15-12-10-9-11-13-16-20-29(35(48)44-24-27-30(38(27,5)6)31(44)33(46)41-28)42-36(49)43-39(21-17-14-18-22-39)26-53(50,51)37(3,4)25-52-8-2/h27-31H,7-26H2,1-6H3,(H,40,47)(H,41,46)(H2,42,43,49)/t27-,28-,29-,30-,31-/m0/s1. The van der Waals surface area contributed by atoms with Crippen molar-refractivity contribution in [3.8, 4) is 0 Å². The van der Waals surface area contributed by atoms with Crippen LogP contribution in [0.5, 0.6) is 0 Å². The predicted molar refractivity (Wildman–Crippen MR) is 204 cm³/mol. The van der Waals surface area contributed by atoms with Crippen LogP contribution in [-0.4, -0.2) is 103 Å². The first-order chi connectivity index (χ1) is 25.0. The lowest BCUT2D eigenvalue weighted by Crippen LogP contribution is -2.62. The molecule has 0 radical (unpaired) electrons. The molecule has 0 aromatic rings. The summed E-state index contributed by atoms with van der Waals surface area (Å²) in [7, 11) is -3.71. The van der Waals surface area contributed by atoms with Crippen molar-refractivity contribution in [3.63, 3.8) is 0 Å². The summed E-state index contributed by atoms with van der Waals surface area (Å²) in [4.78, 5) is 70.2. The van der Waals surface area contributed by atoms with Crippen LogP contribution in [0.1, 0.15) is 138 Å². The van der Waals surface area contributed by atoms with Gasteiger partial charge in [0.15, 0.2) is 9.84 Å². The number of amides is 5. The minimum absolute atomic E-state index is 0.0506. The largest absolute Gasteiger partial charge is 0.380 e. The molecule has 53 heavy (non-hydrogen) atoms. The highest BCUT2D eigenvalue weighted by Gasteiger charge is 2.69. The topological polar surface area (TPSA) is 180 Å². The van der Waals surface area contributed by atoms with Gasteiger partial charge >= 0.3 is 6.03 Å². The Morgan fingerprint density at radius 3 is 2.15 bits per heavy atom. The third kappa shape index (κ3) is 10.5. The van der Waals surface area contributed by atoms with Crippen molar-refractivity contribution in [2.45, 2.75) is 166 Å². The maximum atomic E-state index is 14.5. The number of ketones is 1. The second-order valence-electron chi connectivity index (χ2n) is 17.3. The third-order valence-corrected chi connectivity index (χ3v) is 15.1. The molecule has 13 nitrogen and oxygen atoms in total. The van der Waals surface area contributed by atoms with E-state index in [0.29, 0.717) is 64.6 Å². The van der Waals surface area contributed by atoms with Crippen LogP contribution in [0.4, 0.5) is 4.79 Å². The molecule has 5 amide bonds. The molecule has 4 rings (SSSR count). The molecule has 5 atom stereocenters. The first-order valence-electron chi connectivity index (χ1n) is 20.3. The van der Waals surface area contributed by atoms with Gasteiger partial charge in [-0.05, 0) is 70.1 Å². The van der Waals surface area contributed by atoms with E-state index in [1.165, 1.54) is 0 Å². The van der Waals surface area contributed by atoms with Gasteiger partial charge in [-0.1, -0.05) is 85.0 Å². The van der Waals surface area contributed by atoms with Crippen molar-refractivity contribution >= 4 is 39.4 Å². The van der Waals surface area contributed by atoms with Crippen LogP contribution in [0.15, 0.2) is 0 Å². The van der Waals surface area contributed by atoms with Crippen LogP contribution in [0.3, 0.4) is 0 Å². The van der Waals surface area contributed by atoms with Gasteiger partial charge in [0.25, 0.3) is 5.91 Å². The fraction of sp³-hybridized carbons (Fsp3) is 0.872. The monoisotopic (exact) mass is 765 g/mol. The number of sulfone groups is 1. The number of piperidine rings is 1. The maximum absolute atomic E-state index is 14.5. The molecule has 0 bridgehead atoms. The van der Waals surface area contributed by atoms with E-state index in [-0.39, 0.29) is 35.5 Å². The molecule has 4 fully saturated rings. The number of hydrogen-bond acceptors (Lipinski definition) is 8. The Kier molecular flexibility index (Phi) is 14.8. The van der Waals surface area contributed by atoms with Crippen molar-refractivity contribution in [3.05, 3.63) is 0 Å². The molecule has 2 aliphatic carbocycles. The molecule has 302 valence electrons. The molecule has 0 unspecified atom stereocenters. The fourth-order valence-corrected chi connectivity index (χ4v) is 10.6. The van der Waals surface area contributed by atoms with Crippen molar-refractivity contribution in [2.75, 3.05) is 32.1 Å². The Balaban J connectivity index is 1.57. The summed E-state index contributed by atoms with van der Waals surface area (Å²) < 4.78 is 31.9. The minimum Gasteiger partial charge on any atom is -0.380 e. The van der Waals surface area contributed by atoms with Crippen molar-refractivity contribution in [2.24, 2.45) is 17.3 Å². The number of urea groups is 1. The maximum Gasteiger partial charge on any atom is 0.315 e. The highest BCUT2D eigenvalue weighted by Crippen LogP contribution is 2.65. The Labute approximate surface area is 317 Å². The molecule has 0 aromatic heterocycles. The van der Waals surface area contributed by atoms with E-state index in [4.69, 9.17) is 4.74 Å². The zero-order valence-electron chi connectivity index (χ0n) is 33.2. The van der Waals surface area contributed by atoms with Gasteiger partial charge in [-0.25, -0.2) is 13.2 Å². The van der Waals surface area contributed by atoms with Gasteiger partial charge < -0.3 is 30.9 Å². The van der Waals surface area contributed by atoms with E-state index in [1.54, 1.807) is 18.7 Å². The zero-order chi connectivity index (χ0) is 39.0. The quantitative estimate of drug-likeness (QED) is 0.214. The van der Waals surface area contributed by atoms with Crippen molar-refractivity contribution in [1.29, 1.82) is 0 Å². The number of nitrogens with one attached hydrogen (secondary N) is 4. The highest BCUT2D eigenvalue weighted by atomic mass is 32.2. The summed E-state index contributed by atoms with van der Waals surface area (Å²) in [6.07, 6.45) is 10.9. The summed E-state index contributed by atoms with van der Waals surface area (Å²) in [6, 6.07) is -3.36. The lowest BCUT2D eigenvalue weighted by molar-refractivity contribution is -0.144. The summed E-state index contributed by atoms with van der Waals surface area (Å²) >= 11 is 0. The Morgan fingerprint density at radius 1 is 0.925 bits per heavy atom. The number of rotatable bonds is 12. The summed E-state index contributed by atoms with van der Waals surface area (Å²) in [5.74, 6) is -2.47. The van der Waals surface area contributed by atoms with Gasteiger partial charge in [-0.3, -0.25) is 19.2 Å². The van der Waals surface area contributed by atoms with Crippen LogP contribution >= 0.6 is 0 Å². The van der Waals surface area contributed by atoms with E-state index in [0.717, 1.165) is 51.4 Å². The smallest absolute Gasteiger partial charge is 0.315 e. The van der Waals surface area contributed by atoms with Crippen LogP contribution in [-0.2, 0) is 33.8 Å². The molecular formula is C39H67N5O8S. The summed E-state index contributed by atoms with van der Waals surface area (Å²) in [6.45, 7) is 12.3. The Bertz CT molecular complexity index is 1430. The number of fused-ring (bicyclic) bond motifs is 3. The lowest BCUT2D eigenvalue weighted by Gasteiger charge is -2.40. The first kappa shape index (κ1) is 43.0. The second kappa shape index (κ2) is 18.3. The molecule has 0 aromatic carbocycles. The second-order valence-corrected chi connectivity index (χ2v) is 19.9. The van der Waals surface area contributed by atoms with Crippen LogP contribution in [0.25, 0.3) is 0 Å². The number of carbonyl (C=O) groups excluding carboxylic acids is 5. The van der Waals surface area contributed by atoms with Crippen LogP contribution in [0, 0.1) is 17.3 Å². The molecule has 14 heteroatoms. The SMILES string of the molecule is CCCNC(=O)C(=O)[C@@H]1CCCCCCCCC[C@H](NC(=O)NC2(CS(=O)(=O)C(C)(C)COCC)CCCCC2)C(=O)N2C[C@H]3[C@@H]([C@H]2C(=O)N1)C3(C)C. The molecule has 2 aliphatic heterocycles. The molecule has 2 saturated heterocycles. The van der Waals surface area contributed by atoms with E-state index in [2.05, 4.69) is 35.1 Å². The number of carbonyl (C=O) groups is 5. The van der Waals surface area contributed by atoms with Gasteiger partial charge in [0.05, 0.1) is 28.7 Å². The number of hydrogen-bond donors (Lipinski definition) is 4. The lowest BCUT2D eigenvalue weighted by atomic mass is 9.83. The molecule has 4 N–H and O–H groups in total. The van der Waals surface area contributed by atoms with Gasteiger partial charge in [0.1, 0.15) is 12.1 Å². The van der Waals surface area contributed by atoms with Gasteiger partial charge in [0.2, 0.25) is 17.6 Å². The van der Waals surface area contributed by atoms with Crippen molar-refractivity contribution < 1.29 is 37.1 Å². The molecule has 4 aliphatic rings. The van der Waals surface area contributed by atoms with Gasteiger partial charge in [-0.2, -0.15) is 0 Å². The van der Waals surface area contributed by atoms with Crippen LogP contribution in [0.2, 0.25) is 0 Å². The van der Waals surface area contributed by atoms with E-state index in [1.807, 2.05) is 13.8 Å². The Hall–Kier alpha value is -2.74. The summed E-state index contributed by atoms with van der Waals surface area (Å²) in [5, 5.41) is 11.5. The highest BCUT2D eigenvalue weighted by molar-refractivity contribution is 7.92. The molecule has 2 heterocycles. The van der Waals surface area contributed by atoms with E-state index < -0.39 is 61.9 Å². The Morgan fingerprint density at radius 2 is 1.53 bits per heavy atom. The average Bonchev–Trinajstić information content (AvgIpc) is 3.40. The molecular weight excluding hydrogens is 699 g/mol. The molecule has 0 spiro atoms. The molecule has 2 saturated carbocycles. The fourth-order valence-electron chi connectivity index (χ4n) is 8.83. The first-order valence-corrected chi connectivity index (χ1v) is 22.0. The van der Waals surface area contributed by atoms with Gasteiger partial charge in [-0.15, -0.1) is 0 Å². The van der Waals surface area contributed by atoms with Gasteiger partial charge in [0, 0.05) is 19.7 Å².